The van der Waals surface area contributed by atoms with Gasteiger partial charge in [0.25, 0.3) is 5.91 Å². The molecule has 0 saturated carbocycles. The van der Waals surface area contributed by atoms with E-state index in [1.807, 2.05) is 12.1 Å². The monoisotopic (exact) mass is 278 g/mol. The fraction of sp³-hybridized carbons (Fsp3) is 0.143. The van der Waals surface area contributed by atoms with Gasteiger partial charge in [-0.05, 0) is 23.8 Å². The Bertz CT molecular complexity index is 586. The summed E-state index contributed by atoms with van der Waals surface area (Å²) in [6.07, 6.45) is 1.28. The van der Waals surface area contributed by atoms with Crippen LogP contribution in [0.1, 0.15) is 15.9 Å². The van der Waals surface area contributed by atoms with Crippen LogP contribution in [0.2, 0.25) is 5.02 Å². The molecule has 3 nitrogen and oxygen atoms in total. The Morgan fingerprint density at radius 3 is 2.63 bits per heavy atom. The van der Waals surface area contributed by atoms with Gasteiger partial charge in [0.1, 0.15) is 0 Å². The molecule has 0 fully saturated rings. The van der Waals surface area contributed by atoms with Crippen molar-refractivity contribution in [3.8, 4) is 0 Å². The fourth-order valence-electron chi connectivity index (χ4n) is 1.69. The Balaban J connectivity index is 2.09. The molecule has 0 bridgehead atoms. The van der Waals surface area contributed by atoms with E-state index in [0.29, 0.717) is 11.6 Å². The highest BCUT2D eigenvalue weighted by Crippen LogP contribution is 2.12. The zero-order valence-electron chi connectivity index (χ0n) is 10.3. The number of nitrogens with zero attached hydrogens (tertiary/aromatic N) is 2. The van der Waals surface area contributed by atoms with Crippen molar-refractivity contribution in [1.29, 1.82) is 0 Å². The number of hydrogen-bond acceptors (Lipinski definition) is 2. The van der Waals surface area contributed by atoms with E-state index >= 15 is 0 Å². The molecular formula is C14H12ClFN2O. The molecule has 19 heavy (non-hydrogen) atoms. The zero-order chi connectivity index (χ0) is 13.8. The SMILES string of the molecule is CN(Cc1ccc(Cl)cc1)C(=O)c1ccnc(F)c1. The number of halogens is 2. The molecule has 0 aliphatic rings. The van der Waals surface area contributed by atoms with Crippen LogP contribution in [-0.2, 0) is 6.54 Å². The van der Waals surface area contributed by atoms with E-state index in [4.69, 9.17) is 11.6 Å². The van der Waals surface area contributed by atoms with Crippen LogP contribution in [0.15, 0.2) is 42.6 Å². The third-order valence-electron chi connectivity index (χ3n) is 2.65. The van der Waals surface area contributed by atoms with Crippen molar-refractivity contribution < 1.29 is 9.18 Å². The van der Waals surface area contributed by atoms with Gasteiger partial charge in [-0.15, -0.1) is 0 Å². The summed E-state index contributed by atoms with van der Waals surface area (Å²) in [6.45, 7) is 0.431. The highest BCUT2D eigenvalue weighted by molar-refractivity contribution is 6.30. The third kappa shape index (κ3) is 3.51. The number of benzene rings is 1. The van der Waals surface area contributed by atoms with Gasteiger partial charge >= 0.3 is 0 Å². The maximum absolute atomic E-state index is 13.0. The second kappa shape index (κ2) is 5.80. The number of amides is 1. The lowest BCUT2D eigenvalue weighted by atomic mass is 10.2. The number of carbonyl (C=O) groups is 1. The molecule has 0 spiro atoms. The summed E-state index contributed by atoms with van der Waals surface area (Å²) in [5, 5.41) is 0.647. The summed E-state index contributed by atoms with van der Waals surface area (Å²) in [6, 6.07) is 9.84. The first-order chi connectivity index (χ1) is 9.06. The van der Waals surface area contributed by atoms with Crippen LogP contribution in [0.5, 0.6) is 0 Å². The molecule has 0 unspecified atom stereocenters. The van der Waals surface area contributed by atoms with Gasteiger partial charge in [0.15, 0.2) is 0 Å². The average Bonchev–Trinajstić information content (AvgIpc) is 2.40. The Morgan fingerprint density at radius 1 is 1.32 bits per heavy atom. The standard InChI is InChI=1S/C14H12ClFN2O/c1-18(9-10-2-4-12(15)5-3-10)14(19)11-6-7-17-13(16)8-11/h2-8H,9H2,1H3. The third-order valence-corrected chi connectivity index (χ3v) is 2.91. The van der Waals surface area contributed by atoms with Crippen molar-refractivity contribution in [1.82, 2.24) is 9.88 Å². The van der Waals surface area contributed by atoms with Gasteiger partial charge in [0, 0.05) is 36.4 Å². The Labute approximate surface area is 115 Å². The Kier molecular flexibility index (Phi) is 4.12. The summed E-state index contributed by atoms with van der Waals surface area (Å²) >= 11 is 5.79. The van der Waals surface area contributed by atoms with Crippen LogP contribution >= 0.6 is 11.6 Å². The van der Waals surface area contributed by atoms with Crippen molar-refractivity contribution in [2.24, 2.45) is 0 Å². The van der Waals surface area contributed by atoms with Crippen LogP contribution in [0.25, 0.3) is 0 Å². The predicted octanol–water partition coefficient (Wildman–Crippen LogP) is 3.15. The van der Waals surface area contributed by atoms with E-state index in [-0.39, 0.29) is 11.5 Å². The number of rotatable bonds is 3. The van der Waals surface area contributed by atoms with Crippen molar-refractivity contribution in [2.75, 3.05) is 7.05 Å². The first kappa shape index (κ1) is 13.5. The number of pyridine rings is 1. The molecule has 1 heterocycles. The van der Waals surface area contributed by atoms with Gasteiger partial charge in [-0.25, -0.2) is 4.98 Å². The van der Waals surface area contributed by atoms with Gasteiger partial charge in [0.2, 0.25) is 5.95 Å². The molecule has 0 aliphatic heterocycles. The van der Waals surface area contributed by atoms with Crippen LogP contribution in [0, 0.1) is 5.95 Å². The first-order valence-corrected chi connectivity index (χ1v) is 6.05. The van der Waals surface area contributed by atoms with Crippen LogP contribution in [0.3, 0.4) is 0 Å². The largest absolute Gasteiger partial charge is 0.337 e. The molecule has 1 aromatic heterocycles. The van der Waals surface area contributed by atoms with Crippen molar-refractivity contribution in [3.05, 3.63) is 64.7 Å². The van der Waals surface area contributed by atoms with Crippen molar-refractivity contribution in [2.45, 2.75) is 6.54 Å². The van der Waals surface area contributed by atoms with Crippen molar-refractivity contribution in [3.63, 3.8) is 0 Å². The normalized spacial score (nSPS) is 10.3. The Hall–Kier alpha value is -1.94. The fourth-order valence-corrected chi connectivity index (χ4v) is 1.82. The van der Waals surface area contributed by atoms with E-state index in [0.717, 1.165) is 11.6 Å². The lowest BCUT2D eigenvalue weighted by Gasteiger charge is -2.17. The van der Waals surface area contributed by atoms with Gasteiger partial charge in [-0.1, -0.05) is 23.7 Å². The lowest BCUT2D eigenvalue weighted by Crippen LogP contribution is -2.26. The molecule has 98 valence electrons. The molecule has 1 amide bonds. The van der Waals surface area contributed by atoms with Gasteiger partial charge in [-0.3, -0.25) is 4.79 Å². The molecule has 2 aromatic rings. The predicted molar refractivity (Wildman–Crippen MR) is 71.4 cm³/mol. The van der Waals surface area contributed by atoms with E-state index in [1.165, 1.54) is 17.2 Å². The van der Waals surface area contributed by atoms with Gasteiger partial charge < -0.3 is 4.90 Å². The summed E-state index contributed by atoms with van der Waals surface area (Å²) in [7, 11) is 1.66. The molecule has 0 radical (unpaired) electrons. The summed E-state index contributed by atoms with van der Waals surface area (Å²) in [5.41, 5.74) is 1.23. The molecule has 5 heteroatoms. The summed E-state index contributed by atoms with van der Waals surface area (Å²) in [4.78, 5) is 17.0. The molecule has 1 aromatic carbocycles. The quantitative estimate of drug-likeness (QED) is 0.808. The number of carbonyl (C=O) groups excluding carboxylic acids is 1. The van der Waals surface area contributed by atoms with E-state index in [1.54, 1.807) is 19.2 Å². The molecule has 0 aliphatic carbocycles. The molecule has 0 N–H and O–H groups in total. The highest BCUT2D eigenvalue weighted by atomic mass is 35.5. The highest BCUT2D eigenvalue weighted by Gasteiger charge is 2.12. The first-order valence-electron chi connectivity index (χ1n) is 5.68. The molecule has 0 atom stereocenters. The van der Waals surface area contributed by atoms with Crippen LogP contribution in [0.4, 0.5) is 4.39 Å². The van der Waals surface area contributed by atoms with E-state index in [2.05, 4.69) is 4.98 Å². The summed E-state index contributed by atoms with van der Waals surface area (Å²) < 4.78 is 13.0. The van der Waals surface area contributed by atoms with Crippen LogP contribution < -0.4 is 0 Å². The molecule has 2 rings (SSSR count). The topological polar surface area (TPSA) is 33.2 Å². The summed E-state index contributed by atoms with van der Waals surface area (Å²) in [5.74, 6) is -0.915. The minimum atomic E-state index is -0.661. The Morgan fingerprint density at radius 2 is 2.00 bits per heavy atom. The van der Waals surface area contributed by atoms with Crippen molar-refractivity contribution >= 4 is 17.5 Å². The number of aromatic nitrogens is 1. The second-order valence-corrected chi connectivity index (χ2v) is 4.59. The zero-order valence-corrected chi connectivity index (χ0v) is 11.1. The maximum Gasteiger partial charge on any atom is 0.254 e. The average molecular weight is 279 g/mol. The lowest BCUT2D eigenvalue weighted by molar-refractivity contribution is 0.0784. The molecular weight excluding hydrogens is 267 g/mol. The van der Waals surface area contributed by atoms with Gasteiger partial charge in [-0.2, -0.15) is 4.39 Å². The second-order valence-electron chi connectivity index (χ2n) is 4.15. The van der Waals surface area contributed by atoms with Gasteiger partial charge in [0.05, 0.1) is 0 Å². The minimum Gasteiger partial charge on any atom is -0.337 e. The van der Waals surface area contributed by atoms with E-state index in [9.17, 15) is 9.18 Å². The maximum atomic E-state index is 13.0. The number of hydrogen-bond donors (Lipinski definition) is 0. The minimum absolute atomic E-state index is 0.253. The van der Waals surface area contributed by atoms with E-state index < -0.39 is 5.95 Å². The van der Waals surface area contributed by atoms with Crippen LogP contribution in [-0.4, -0.2) is 22.8 Å². The molecule has 0 saturated heterocycles. The smallest absolute Gasteiger partial charge is 0.254 e.